The van der Waals surface area contributed by atoms with Gasteiger partial charge in [0.2, 0.25) is 0 Å². The first-order valence-corrected chi connectivity index (χ1v) is 11.4. The molecule has 170 valence electrons. The van der Waals surface area contributed by atoms with Gasteiger partial charge in [-0.3, -0.25) is 9.78 Å². The minimum atomic E-state index is -0.232. The summed E-state index contributed by atoms with van der Waals surface area (Å²) in [5.41, 5.74) is 4.95. The number of fused-ring (bicyclic) bond motifs is 1. The average molecular weight is 443 g/mol. The van der Waals surface area contributed by atoms with E-state index in [0.717, 1.165) is 47.6 Å². The molecule has 0 saturated heterocycles. The van der Waals surface area contributed by atoms with Crippen LogP contribution in [0.1, 0.15) is 53.1 Å². The van der Waals surface area contributed by atoms with Gasteiger partial charge < -0.3 is 14.6 Å². The van der Waals surface area contributed by atoms with Gasteiger partial charge in [-0.1, -0.05) is 24.3 Å². The van der Waals surface area contributed by atoms with Crippen molar-refractivity contribution in [1.82, 2.24) is 19.9 Å². The molecule has 6 heteroatoms. The number of carbonyl (C=O) groups is 1. The molecule has 1 atom stereocenters. The van der Waals surface area contributed by atoms with Gasteiger partial charge in [0.1, 0.15) is 11.6 Å². The molecular weight excluding hydrogens is 412 g/mol. The number of ether oxygens (including phenoxy) is 1. The Hall–Kier alpha value is -3.67. The monoisotopic (exact) mass is 442 g/mol. The number of unbranched alkanes of at least 4 members (excludes halogenated alkanes) is 1. The third-order valence-corrected chi connectivity index (χ3v) is 5.74. The zero-order chi connectivity index (χ0) is 23.2. The molecule has 6 nitrogen and oxygen atoms in total. The molecule has 2 heterocycles. The lowest BCUT2D eigenvalue weighted by Gasteiger charge is -2.17. The third-order valence-electron chi connectivity index (χ3n) is 5.74. The van der Waals surface area contributed by atoms with Gasteiger partial charge in [0.25, 0.3) is 5.91 Å². The zero-order valence-electron chi connectivity index (χ0n) is 19.4. The van der Waals surface area contributed by atoms with E-state index in [2.05, 4.69) is 53.0 Å². The highest BCUT2D eigenvalue weighted by Gasteiger charge is 2.19. The lowest BCUT2D eigenvalue weighted by Crippen LogP contribution is -2.28. The van der Waals surface area contributed by atoms with E-state index in [4.69, 9.17) is 9.72 Å². The fraction of sp³-hybridized carbons (Fsp3) is 0.296. The molecule has 1 unspecified atom stereocenters. The highest BCUT2D eigenvalue weighted by atomic mass is 16.5. The van der Waals surface area contributed by atoms with Crippen LogP contribution >= 0.6 is 0 Å². The molecule has 1 N–H and O–H groups in total. The quantitative estimate of drug-likeness (QED) is 0.353. The number of pyridine rings is 1. The maximum atomic E-state index is 12.6. The molecule has 0 aliphatic rings. The summed E-state index contributed by atoms with van der Waals surface area (Å²) in [6.07, 6.45) is 5.12. The number of aryl methyl sites for hydroxylation is 3. The third kappa shape index (κ3) is 5.40. The normalized spacial score (nSPS) is 12.0. The van der Waals surface area contributed by atoms with Gasteiger partial charge in [0.05, 0.1) is 23.7 Å². The summed E-state index contributed by atoms with van der Waals surface area (Å²) < 4.78 is 8.23. The van der Waals surface area contributed by atoms with Gasteiger partial charge >= 0.3 is 0 Å². The van der Waals surface area contributed by atoms with Crippen LogP contribution in [-0.4, -0.2) is 27.0 Å². The number of imidazole rings is 1. The van der Waals surface area contributed by atoms with Gasteiger partial charge in [0, 0.05) is 24.5 Å². The summed E-state index contributed by atoms with van der Waals surface area (Å²) in [6, 6.07) is 17.6. The van der Waals surface area contributed by atoms with Crippen molar-refractivity contribution in [2.75, 3.05) is 6.61 Å². The molecule has 0 fully saturated rings. The number of aromatic nitrogens is 3. The van der Waals surface area contributed by atoms with Crippen LogP contribution in [0.5, 0.6) is 5.75 Å². The summed E-state index contributed by atoms with van der Waals surface area (Å²) in [5.74, 6) is 1.68. The molecule has 4 aromatic rings. The molecule has 0 saturated carbocycles. The number of nitrogens with one attached hydrogen (secondary N) is 1. The van der Waals surface area contributed by atoms with Gasteiger partial charge in [-0.2, -0.15) is 0 Å². The molecule has 2 aromatic heterocycles. The van der Waals surface area contributed by atoms with Crippen molar-refractivity contribution < 1.29 is 9.53 Å². The van der Waals surface area contributed by atoms with Crippen molar-refractivity contribution in [2.24, 2.45) is 0 Å². The lowest BCUT2D eigenvalue weighted by atomic mass is 10.1. The molecule has 0 aliphatic carbocycles. The van der Waals surface area contributed by atoms with E-state index in [1.807, 2.05) is 25.1 Å². The number of carbonyl (C=O) groups excluding carboxylic acids is 1. The predicted octanol–water partition coefficient (Wildman–Crippen LogP) is 5.40. The van der Waals surface area contributed by atoms with Crippen molar-refractivity contribution in [3.05, 3.63) is 89.5 Å². The van der Waals surface area contributed by atoms with Crippen LogP contribution in [0.3, 0.4) is 0 Å². The lowest BCUT2D eigenvalue weighted by molar-refractivity contribution is 0.0937. The van der Waals surface area contributed by atoms with Crippen LogP contribution in [0.25, 0.3) is 11.0 Å². The standard InChI is InChI=1S/C27H30N4O2/c1-19-10-11-20(2)25(18-19)33-17-7-6-16-31-24-9-5-4-8-23(24)30-26(31)21(3)29-27(32)22-12-14-28-15-13-22/h4-5,8-15,18,21H,6-7,16-17H2,1-3H3,(H,29,32). The minimum absolute atomic E-state index is 0.134. The molecule has 1 amide bonds. The first-order chi connectivity index (χ1) is 16.0. The second kappa shape index (κ2) is 10.3. The molecule has 0 radical (unpaired) electrons. The summed E-state index contributed by atoms with van der Waals surface area (Å²) in [4.78, 5) is 21.5. The molecule has 2 aromatic carbocycles. The highest BCUT2D eigenvalue weighted by Crippen LogP contribution is 2.23. The molecule has 0 aliphatic heterocycles. The molecule has 4 rings (SSSR count). The molecule has 0 bridgehead atoms. The van der Waals surface area contributed by atoms with Crippen LogP contribution in [0.15, 0.2) is 67.0 Å². The Bertz CT molecular complexity index is 1230. The van der Waals surface area contributed by atoms with E-state index < -0.39 is 0 Å². The summed E-state index contributed by atoms with van der Waals surface area (Å²) in [5, 5.41) is 3.07. The first kappa shape index (κ1) is 22.5. The summed E-state index contributed by atoms with van der Waals surface area (Å²) >= 11 is 0. The van der Waals surface area contributed by atoms with Crippen LogP contribution < -0.4 is 10.1 Å². The van der Waals surface area contributed by atoms with E-state index in [9.17, 15) is 4.79 Å². The Balaban J connectivity index is 1.42. The van der Waals surface area contributed by atoms with Gasteiger partial charge in [-0.25, -0.2) is 4.98 Å². The van der Waals surface area contributed by atoms with Crippen LogP contribution in [0.2, 0.25) is 0 Å². The number of hydrogen-bond donors (Lipinski definition) is 1. The number of benzene rings is 2. The molecule has 0 spiro atoms. The Morgan fingerprint density at radius 1 is 1.06 bits per heavy atom. The summed E-state index contributed by atoms with van der Waals surface area (Å²) in [7, 11) is 0. The van der Waals surface area contributed by atoms with Gasteiger partial charge in [-0.05, 0) is 75.1 Å². The molecular formula is C27H30N4O2. The number of hydrogen-bond acceptors (Lipinski definition) is 4. The Kier molecular flexibility index (Phi) is 7.03. The van der Waals surface area contributed by atoms with Crippen molar-refractivity contribution in [3.63, 3.8) is 0 Å². The van der Waals surface area contributed by atoms with E-state index in [1.165, 1.54) is 5.56 Å². The van der Waals surface area contributed by atoms with Crippen molar-refractivity contribution in [2.45, 2.75) is 46.2 Å². The number of rotatable bonds is 9. The zero-order valence-corrected chi connectivity index (χ0v) is 19.4. The highest BCUT2D eigenvalue weighted by molar-refractivity contribution is 5.94. The van der Waals surface area contributed by atoms with E-state index in [1.54, 1.807) is 24.5 Å². The van der Waals surface area contributed by atoms with E-state index in [0.29, 0.717) is 12.2 Å². The van der Waals surface area contributed by atoms with Crippen LogP contribution in [0, 0.1) is 13.8 Å². The fourth-order valence-electron chi connectivity index (χ4n) is 3.92. The largest absolute Gasteiger partial charge is 0.493 e. The van der Waals surface area contributed by atoms with E-state index >= 15 is 0 Å². The second-order valence-electron chi connectivity index (χ2n) is 8.37. The first-order valence-electron chi connectivity index (χ1n) is 11.4. The second-order valence-corrected chi connectivity index (χ2v) is 8.37. The summed E-state index contributed by atoms with van der Waals surface area (Å²) in [6.45, 7) is 7.59. The SMILES string of the molecule is Cc1ccc(C)c(OCCCCn2c(C(C)NC(=O)c3ccncc3)nc3ccccc32)c1. The number of para-hydroxylation sites is 2. The van der Waals surface area contributed by atoms with Gasteiger partial charge in [-0.15, -0.1) is 0 Å². The molecule has 33 heavy (non-hydrogen) atoms. The van der Waals surface area contributed by atoms with Crippen molar-refractivity contribution in [1.29, 1.82) is 0 Å². The predicted molar refractivity (Wildman–Crippen MR) is 130 cm³/mol. The number of nitrogens with zero attached hydrogens (tertiary/aromatic N) is 3. The topological polar surface area (TPSA) is 69.0 Å². The van der Waals surface area contributed by atoms with E-state index in [-0.39, 0.29) is 11.9 Å². The Morgan fingerprint density at radius 3 is 2.67 bits per heavy atom. The fourth-order valence-corrected chi connectivity index (χ4v) is 3.92. The maximum Gasteiger partial charge on any atom is 0.251 e. The van der Waals surface area contributed by atoms with Crippen molar-refractivity contribution in [3.8, 4) is 5.75 Å². The Labute approximate surface area is 194 Å². The van der Waals surface area contributed by atoms with Gasteiger partial charge in [0.15, 0.2) is 0 Å². The smallest absolute Gasteiger partial charge is 0.251 e. The van der Waals surface area contributed by atoms with Crippen LogP contribution in [0.4, 0.5) is 0 Å². The maximum absolute atomic E-state index is 12.6. The number of amides is 1. The minimum Gasteiger partial charge on any atom is -0.493 e. The average Bonchev–Trinajstić information content (AvgIpc) is 3.20. The van der Waals surface area contributed by atoms with Crippen molar-refractivity contribution >= 4 is 16.9 Å². The van der Waals surface area contributed by atoms with Crippen LogP contribution in [-0.2, 0) is 6.54 Å². The Morgan fingerprint density at radius 2 is 1.85 bits per heavy atom.